The molecular weight excluding hydrogens is 510 g/mol. The first-order chi connectivity index (χ1) is 18.7. The predicted molar refractivity (Wildman–Crippen MR) is 150 cm³/mol. The smallest absolute Gasteiger partial charge is 0.159 e. The number of aryl methyl sites for hydroxylation is 1. The molecule has 1 aromatic carbocycles. The first-order valence-electron chi connectivity index (χ1n) is 13.4. The van der Waals surface area contributed by atoms with Gasteiger partial charge >= 0.3 is 0 Å². The van der Waals surface area contributed by atoms with E-state index in [4.69, 9.17) is 4.98 Å². The SMILES string of the molecule is CCCc1cc(-c2c(F)cccc2F)nnc1[C@@](C)(CC(C)(C)C)c1cncc(-c2cnc(C(C)(C)O)nc2)n1. The van der Waals surface area contributed by atoms with E-state index in [2.05, 4.69) is 52.8 Å². The Morgan fingerprint density at radius 2 is 1.50 bits per heavy atom. The minimum atomic E-state index is -1.16. The van der Waals surface area contributed by atoms with Crippen LogP contribution in [0.15, 0.2) is 49.1 Å². The molecule has 0 saturated carbocycles. The molecule has 7 nitrogen and oxygen atoms in total. The molecule has 40 heavy (non-hydrogen) atoms. The summed E-state index contributed by atoms with van der Waals surface area (Å²) in [6.45, 7) is 13.8. The highest BCUT2D eigenvalue weighted by Gasteiger charge is 2.39. The van der Waals surface area contributed by atoms with Gasteiger partial charge in [-0.1, -0.05) is 40.2 Å². The van der Waals surface area contributed by atoms with Gasteiger partial charge in [-0.25, -0.2) is 23.7 Å². The van der Waals surface area contributed by atoms with E-state index in [1.807, 2.05) is 6.92 Å². The van der Waals surface area contributed by atoms with Crippen LogP contribution in [-0.2, 0) is 17.4 Å². The third-order valence-electron chi connectivity index (χ3n) is 6.71. The van der Waals surface area contributed by atoms with Crippen molar-refractivity contribution in [2.24, 2.45) is 5.41 Å². The number of hydrogen-bond acceptors (Lipinski definition) is 7. The van der Waals surface area contributed by atoms with E-state index in [-0.39, 0.29) is 16.7 Å². The van der Waals surface area contributed by atoms with Gasteiger partial charge in [0.15, 0.2) is 5.82 Å². The van der Waals surface area contributed by atoms with E-state index in [9.17, 15) is 13.9 Å². The van der Waals surface area contributed by atoms with E-state index in [1.165, 1.54) is 18.2 Å². The molecule has 0 spiro atoms. The van der Waals surface area contributed by atoms with Crippen LogP contribution in [0, 0.1) is 17.0 Å². The summed E-state index contributed by atoms with van der Waals surface area (Å²) in [6.07, 6.45) is 8.72. The van der Waals surface area contributed by atoms with Crippen LogP contribution >= 0.6 is 0 Å². The first kappa shape index (κ1) is 29.3. The van der Waals surface area contributed by atoms with Gasteiger partial charge in [0, 0.05) is 24.2 Å². The largest absolute Gasteiger partial charge is 0.382 e. The zero-order valence-corrected chi connectivity index (χ0v) is 24.1. The number of hydrogen-bond donors (Lipinski definition) is 1. The lowest BCUT2D eigenvalue weighted by Gasteiger charge is -2.36. The highest BCUT2D eigenvalue weighted by molar-refractivity contribution is 5.62. The normalized spacial score (nSPS) is 13.8. The summed E-state index contributed by atoms with van der Waals surface area (Å²) in [5.74, 6) is -1.06. The summed E-state index contributed by atoms with van der Waals surface area (Å²) in [5, 5.41) is 19.2. The van der Waals surface area contributed by atoms with E-state index in [1.54, 1.807) is 44.7 Å². The van der Waals surface area contributed by atoms with Gasteiger partial charge in [-0.3, -0.25) is 4.98 Å². The standard InChI is InChI=1S/C31H36F2N6O/c1-8-10-19-13-23(26-21(32)11-9-12-22(26)33)38-39-27(19)31(7,18-29(2,3)4)25-17-34-16-24(37-25)20-14-35-28(36-15-20)30(5,6)40/h9,11-17,40H,8,10,18H2,1-7H3/t31-/m0/s1. The molecular formula is C31H36F2N6O. The van der Waals surface area contributed by atoms with Crippen molar-refractivity contribution >= 4 is 0 Å². The average molecular weight is 547 g/mol. The highest BCUT2D eigenvalue weighted by atomic mass is 19.1. The Morgan fingerprint density at radius 3 is 2.08 bits per heavy atom. The Hall–Kier alpha value is -3.72. The molecule has 0 fully saturated rings. The minimum absolute atomic E-state index is 0.134. The summed E-state index contributed by atoms with van der Waals surface area (Å²) >= 11 is 0. The van der Waals surface area contributed by atoms with Gasteiger partial charge in [0.2, 0.25) is 0 Å². The zero-order chi connectivity index (χ0) is 29.3. The second-order valence-corrected chi connectivity index (χ2v) is 12.2. The van der Waals surface area contributed by atoms with E-state index in [0.29, 0.717) is 41.3 Å². The summed E-state index contributed by atoms with van der Waals surface area (Å²) in [4.78, 5) is 18.1. The Balaban J connectivity index is 1.87. The van der Waals surface area contributed by atoms with Gasteiger partial charge in [0.25, 0.3) is 0 Å². The number of benzene rings is 1. The lowest BCUT2D eigenvalue weighted by atomic mass is 9.69. The fourth-order valence-electron chi connectivity index (χ4n) is 5.12. The van der Waals surface area contributed by atoms with Crippen LogP contribution in [0.25, 0.3) is 22.5 Å². The molecule has 4 rings (SSSR count). The van der Waals surface area contributed by atoms with Gasteiger partial charge in [-0.2, -0.15) is 5.10 Å². The molecule has 1 atom stereocenters. The lowest BCUT2D eigenvalue weighted by molar-refractivity contribution is 0.0687. The number of rotatable bonds is 8. The Kier molecular flexibility index (Phi) is 8.08. The van der Waals surface area contributed by atoms with Crippen molar-refractivity contribution in [2.45, 2.75) is 78.7 Å². The maximum absolute atomic E-state index is 14.6. The molecule has 0 bridgehead atoms. The van der Waals surface area contributed by atoms with Crippen molar-refractivity contribution in [1.29, 1.82) is 0 Å². The van der Waals surface area contributed by atoms with Crippen LogP contribution in [0.1, 0.15) is 84.1 Å². The van der Waals surface area contributed by atoms with Crippen LogP contribution in [-0.4, -0.2) is 35.2 Å². The topological polar surface area (TPSA) is 97.6 Å². The van der Waals surface area contributed by atoms with Crippen molar-refractivity contribution in [3.63, 3.8) is 0 Å². The van der Waals surface area contributed by atoms with E-state index in [0.717, 1.165) is 12.0 Å². The number of halogens is 2. The van der Waals surface area contributed by atoms with Crippen molar-refractivity contribution in [3.05, 3.63) is 83.5 Å². The van der Waals surface area contributed by atoms with Gasteiger partial charge in [0.1, 0.15) is 17.2 Å². The molecule has 1 N–H and O–H groups in total. The van der Waals surface area contributed by atoms with Gasteiger partial charge in [-0.15, -0.1) is 5.10 Å². The van der Waals surface area contributed by atoms with Crippen molar-refractivity contribution in [1.82, 2.24) is 30.1 Å². The van der Waals surface area contributed by atoms with E-state index < -0.39 is 22.7 Å². The maximum Gasteiger partial charge on any atom is 0.159 e. The van der Waals surface area contributed by atoms with Gasteiger partial charge in [0.05, 0.1) is 40.0 Å². The Bertz CT molecular complexity index is 1480. The summed E-state index contributed by atoms with van der Waals surface area (Å²) in [7, 11) is 0. The third-order valence-corrected chi connectivity index (χ3v) is 6.71. The molecule has 0 unspecified atom stereocenters. The average Bonchev–Trinajstić information content (AvgIpc) is 2.87. The monoisotopic (exact) mass is 546 g/mol. The summed E-state index contributed by atoms with van der Waals surface area (Å²) in [6, 6.07) is 5.51. The second kappa shape index (κ2) is 11.0. The summed E-state index contributed by atoms with van der Waals surface area (Å²) in [5.41, 5.74) is 1.42. The molecule has 3 heterocycles. The molecule has 0 radical (unpaired) electrons. The fourth-order valence-corrected chi connectivity index (χ4v) is 5.12. The zero-order valence-electron chi connectivity index (χ0n) is 24.1. The maximum atomic E-state index is 14.6. The van der Waals surface area contributed by atoms with E-state index >= 15 is 0 Å². The number of aromatic nitrogens is 6. The fraction of sp³-hybridized carbons (Fsp3) is 0.419. The van der Waals surface area contributed by atoms with Crippen LogP contribution < -0.4 is 0 Å². The molecule has 4 aromatic rings. The van der Waals surface area contributed by atoms with Crippen molar-refractivity contribution < 1.29 is 13.9 Å². The highest BCUT2D eigenvalue weighted by Crippen LogP contribution is 2.42. The third kappa shape index (κ3) is 6.20. The van der Waals surface area contributed by atoms with Crippen molar-refractivity contribution in [3.8, 4) is 22.5 Å². The van der Waals surface area contributed by atoms with Gasteiger partial charge < -0.3 is 5.11 Å². The van der Waals surface area contributed by atoms with Crippen LogP contribution in [0.2, 0.25) is 0 Å². The summed E-state index contributed by atoms with van der Waals surface area (Å²) < 4.78 is 29.2. The Morgan fingerprint density at radius 1 is 0.850 bits per heavy atom. The molecule has 0 amide bonds. The molecule has 210 valence electrons. The van der Waals surface area contributed by atoms with Crippen molar-refractivity contribution in [2.75, 3.05) is 0 Å². The first-order valence-corrected chi connectivity index (χ1v) is 13.4. The quantitative estimate of drug-likeness (QED) is 0.266. The molecule has 9 heteroatoms. The Labute approximate surface area is 234 Å². The molecule has 3 aromatic heterocycles. The van der Waals surface area contributed by atoms with Crippen LogP contribution in [0.4, 0.5) is 8.78 Å². The predicted octanol–water partition coefficient (Wildman–Crippen LogP) is 6.59. The lowest BCUT2D eigenvalue weighted by Crippen LogP contribution is -2.33. The number of aliphatic hydroxyl groups is 1. The second-order valence-electron chi connectivity index (χ2n) is 12.2. The molecule has 0 aliphatic rings. The number of nitrogens with zero attached hydrogens (tertiary/aromatic N) is 6. The molecule has 0 aliphatic carbocycles. The van der Waals surface area contributed by atoms with Crippen LogP contribution in [0.3, 0.4) is 0 Å². The minimum Gasteiger partial charge on any atom is -0.382 e. The molecule has 0 saturated heterocycles. The van der Waals surface area contributed by atoms with Gasteiger partial charge in [-0.05, 0) is 62.8 Å². The van der Waals surface area contributed by atoms with Crippen LogP contribution in [0.5, 0.6) is 0 Å². The molecule has 0 aliphatic heterocycles.